The van der Waals surface area contributed by atoms with Crippen molar-refractivity contribution < 1.29 is 108 Å². The van der Waals surface area contributed by atoms with E-state index in [4.69, 9.17) is 41.3 Å². The molecule has 8 heterocycles. The average molecular weight is 1510 g/mol. The summed E-state index contributed by atoms with van der Waals surface area (Å²) in [5, 5.41) is 31.4. The first-order valence-electron chi connectivity index (χ1n) is 31.4. The SMILES string of the molecule is C.CC(=O)NC[C@H]1CN(C)C(=O)O1.CC(=O)OC(C)=O.CCN1CCCCC=N1.CCN1CCCCC=N1.CCN1CCCCC=N1.CCN1CCCCC=N1.CN1C[C@H](CN)OC1=O.CN1C[C@H](CN=[N+]=[N-])OC1=O.CN1C[C@H](COS(C)(=O)=O)OC1=O.CS(=O)(=O)Cl.[B].[B].[B].[B].[N-]=[N+]=[N-].[Na+]. The molecule has 4 fully saturated rings. The number of rotatable bonds is 12. The van der Waals surface area contributed by atoms with Gasteiger partial charge in [0.05, 0.1) is 51.8 Å². The topological polar surface area (TPSA) is 464 Å². The summed E-state index contributed by atoms with van der Waals surface area (Å²) in [4.78, 5) is 82.9. The fraction of sp³-hybridized carbons (Fsp3) is 0.807. The molecule has 37 nitrogen and oxygen atoms in total. The molecule has 0 bridgehead atoms. The number of nitrogens with one attached hydrogen (secondary N) is 1. The molecule has 8 rings (SSSR count). The summed E-state index contributed by atoms with van der Waals surface area (Å²) >= 11 is 0. The summed E-state index contributed by atoms with van der Waals surface area (Å²) in [5.74, 6) is -1.24. The number of ether oxygens (including phenoxy) is 5. The molecule has 0 aliphatic carbocycles. The van der Waals surface area contributed by atoms with Gasteiger partial charge < -0.3 is 65.4 Å². The zero-order valence-corrected chi connectivity index (χ0v) is 65.9. The van der Waals surface area contributed by atoms with E-state index in [0.29, 0.717) is 39.3 Å². The molecule has 5 amide bonds. The fourth-order valence-electron chi connectivity index (χ4n) is 7.80. The standard InChI is InChI=1S/C7H12N2O3.4C7H14N2.C6H11NO5S.C5H8N4O2.C5H10N2O2.C4H6O3.CH3ClO2S.CH4.4B.N3.Na/c1-5(10)8-3-6-4-9(2)7(11)12-6;4*1-2-9-7-5-3-4-6-8-9;1-7-3-5(12-6(7)8)4-11-13(2,9)10;1-9-3-4(2-7-8-6)11-5(9)10;1-7-3-4(2-6)9-5(7)8;1-3(5)7-4(2)6;1-5(2,3)4;;;;;;1-3-2;/h6H,3-4H2,1-2H3,(H,8,10);4*6H,2-5,7H2,1H3;5H,3-4H2,1-2H3;4H,2-3H2,1H3;4H,2-3,6H2,1H3;1-2H3;1H3;1H4;;;;;;/q;;;;;;;;;;;;;;;-1;+1/t6-;;;;;5-;2*4-;;;;;;;;;/m0....100........./s1. The quantitative estimate of drug-likeness (QED) is 0.0326. The number of carbonyl (C=O) groups is 7. The van der Waals surface area contributed by atoms with E-state index in [1.807, 2.05) is 24.9 Å². The maximum Gasteiger partial charge on any atom is 1.00 e. The average Bonchev–Trinajstić information content (AvgIpc) is 1.78. The van der Waals surface area contributed by atoms with E-state index in [9.17, 15) is 50.4 Å². The van der Waals surface area contributed by atoms with E-state index in [0.717, 1.165) is 90.6 Å². The smallest absolute Gasteiger partial charge is 0.444 e. The van der Waals surface area contributed by atoms with Crippen molar-refractivity contribution in [2.24, 2.45) is 31.3 Å². The van der Waals surface area contributed by atoms with E-state index >= 15 is 0 Å². The van der Waals surface area contributed by atoms with Gasteiger partial charge in [-0.2, -0.15) is 28.8 Å². The Morgan fingerprint density at radius 1 is 0.569 bits per heavy atom. The molecule has 0 unspecified atom stereocenters. The molecule has 45 heteroatoms. The largest absolute Gasteiger partial charge is 1.00 e. The van der Waals surface area contributed by atoms with Gasteiger partial charge in [-0.1, -0.05) is 12.5 Å². The summed E-state index contributed by atoms with van der Waals surface area (Å²) in [6.45, 7) is 24.1. The molecule has 4 atom stereocenters. The summed E-state index contributed by atoms with van der Waals surface area (Å²) in [5.41, 5.74) is 26.7. The molecular formula is C57H110B4ClN20NaO17S2. The number of hydrazone groups is 4. The van der Waals surface area contributed by atoms with Crippen molar-refractivity contribution in [3.8, 4) is 0 Å². The molecule has 0 aromatic rings. The Labute approximate surface area is 639 Å². The molecule has 4 saturated heterocycles. The van der Waals surface area contributed by atoms with Gasteiger partial charge in [0.15, 0.2) is 0 Å². The fourth-order valence-corrected chi connectivity index (χ4v) is 8.20. The molecule has 0 aromatic heterocycles. The first-order chi connectivity index (χ1) is 45.2. The van der Waals surface area contributed by atoms with Gasteiger partial charge in [0, 0.05) is 182 Å². The van der Waals surface area contributed by atoms with Gasteiger partial charge in [-0.3, -0.25) is 43.5 Å². The monoisotopic (exact) mass is 1510 g/mol. The van der Waals surface area contributed by atoms with Crippen molar-refractivity contribution in [2.75, 3.05) is 145 Å². The number of halogens is 1. The van der Waals surface area contributed by atoms with Crippen molar-refractivity contribution in [3.05, 3.63) is 26.4 Å². The summed E-state index contributed by atoms with van der Waals surface area (Å²) in [6, 6.07) is 0. The van der Waals surface area contributed by atoms with E-state index in [2.05, 4.69) is 103 Å². The van der Waals surface area contributed by atoms with Gasteiger partial charge in [0.25, 0.3) is 10.1 Å². The zero-order chi connectivity index (χ0) is 73.5. The maximum absolute atomic E-state index is 10.8. The second-order valence-corrected chi connectivity index (χ2v) is 26.0. The second kappa shape index (κ2) is 70.2. The molecule has 8 aliphatic heterocycles. The minimum atomic E-state index is -3.46. The van der Waals surface area contributed by atoms with Gasteiger partial charge in [-0.15, -0.1) is 0 Å². The third-order valence-corrected chi connectivity index (χ3v) is 13.2. The Morgan fingerprint density at radius 2 is 0.843 bits per heavy atom. The van der Waals surface area contributed by atoms with E-state index in [1.54, 1.807) is 28.2 Å². The van der Waals surface area contributed by atoms with Crippen LogP contribution in [0.3, 0.4) is 0 Å². The van der Waals surface area contributed by atoms with Crippen LogP contribution in [0.1, 0.15) is 133 Å². The Hall–Kier alpha value is -6.44. The van der Waals surface area contributed by atoms with Gasteiger partial charge in [0.2, 0.25) is 15.0 Å². The summed E-state index contributed by atoms with van der Waals surface area (Å²) in [6.07, 6.45) is 22.6. The van der Waals surface area contributed by atoms with E-state index in [-0.39, 0.29) is 126 Å². The predicted molar refractivity (Wildman–Crippen MR) is 395 cm³/mol. The number of hydrogen-bond donors (Lipinski definition) is 2. The second-order valence-electron chi connectivity index (χ2n) is 21.3. The van der Waals surface area contributed by atoms with Crippen molar-refractivity contribution in [1.29, 1.82) is 0 Å². The van der Waals surface area contributed by atoms with Gasteiger partial charge in [-0.05, 0) is 110 Å². The molecule has 0 spiro atoms. The van der Waals surface area contributed by atoms with Gasteiger partial charge >= 0.3 is 65.9 Å². The van der Waals surface area contributed by atoms with Crippen LogP contribution in [0, 0.1) is 0 Å². The molecular weight excluding hydrogens is 1400 g/mol. The Bertz CT molecular complexity index is 2580. The molecule has 572 valence electrons. The van der Waals surface area contributed by atoms with Crippen LogP contribution >= 0.6 is 10.7 Å². The third-order valence-electron chi connectivity index (χ3n) is 12.6. The maximum atomic E-state index is 10.8. The molecule has 102 heavy (non-hydrogen) atoms. The minimum absolute atomic E-state index is 0. The predicted octanol–water partition coefficient (Wildman–Crippen LogP) is 2.31. The molecule has 8 aliphatic rings. The van der Waals surface area contributed by atoms with Gasteiger partial charge in [0.1, 0.15) is 31.0 Å². The van der Waals surface area contributed by atoms with Crippen LogP contribution in [0.15, 0.2) is 25.5 Å². The number of amides is 5. The van der Waals surface area contributed by atoms with E-state index in [1.165, 1.54) is 96.6 Å². The minimum Gasteiger partial charge on any atom is -0.444 e. The van der Waals surface area contributed by atoms with Crippen LogP contribution in [0.25, 0.3) is 26.4 Å². The van der Waals surface area contributed by atoms with Gasteiger partial charge in [-0.25, -0.2) is 27.6 Å². The van der Waals surface area contributed by atoms with Crippen molar-refractivity contribution in [2.45, 2.75) is 157 Å². The Kier molecular flexibility index (Phi) is 78.5. The summed E-state index contributed by atoms with van der Waals surface area (Å²) in [7, 11) is 4.42. The summed E-state index contributed by atoms with van der Waals surface area (Å²) < 4.78 is 67.6. The number of nitrogens with zero attached hydrogens (tertiary/aromatic N) is 18. The number of hydrogen-bond acceptors (Lipinski definition) is 27. The molecule has 0 aromatic carbocycles. The van der Waals surface area contributed by atoms with Crippen LogP contribution in [-0.2, 0) is 61.4 Å². The van der Waals surface area contributed by atoms with Crippen LogP contribution < -0.4 is 40.6 Å². The Balaban J connectivity index is -0.000000134. The van der Waals surface area contributed by atoms with Crippen LogP contribution in [0.5, 0.6) is 0 Å². The van der Waals surface area contributed by atoms with Crippen LogP contribution in [0.4, 0.5) is 19.2 Å². The number of carbonyl (C=O) groups excluding carboxylic acids is 7. The normalized spacial score (nSPS) is 18.6. The number of likely N-dealkylation sites (N-methyl/N-ethyl adjacent to an activating group) is 4. The van der Waals surface area contributed by atoms with Crippen LogP contribution in [0.2, 0.25) is 0 Å². The van der Waals surface area contributed by atoms with E-state index < -0.39 is 43.3 Å². The molecule has 0 saturated carbocycles. The zero-order valence-electron chi connectivity index (χ0n) is 61.5. The Morgan fingerprint density at radius 3 is 1.05 bits per heavy atom. The first-order valence-corrected chi connectivity index (χ1v) is 35.9. The molecule has 3 N–H and O–H groups in total. The number of nitrogens with two attached hydrogens (primary N) is 1. The van der Waals surface area contributed by atoms with Crippen molar-refractivity contribution in [3.63, 3.8) is 0 Å². The number of cyclic esters (lactones) is 4. The molecule has 12 radical (unpaired) electrons. The van der Waals surface area contributed by atoms with Crippen molar-refractivity contribution >= 4 is 131 Å². The van der Waals surface area contributed by atoms with Crippen molar-refractivity contribution in [1.82, 2.24) is 45.0 Å². The first kappa shape index (κ1) is 114. The number of azide groups is 1. The third kappa shape index (κ3) is 70.6. The van der Waals surface area contributed by atoms with Crippen LogP contribution in [-0.4, -0.2) is 327 Å². The number of esters is 2.